The van der Waals surface area contributed by atoms with E-state index < -0.39 is 23.3 Å². The van der Waals surface area contributed by atoms with Crippen molar-refractivity contribution in [2.75, 3.05) is 13.2 Å². The Bertz CT molecular complexity index is 387. The molecular weight excluding hydrogens is 274 g/mol. The second kappa shape index (κ2) is 8.00. The molecule has 1 aliphatic rings. The van der Waals surface area contributed by atoms with Crippen LogP contribution in [-0.4, -0.2) is 36.1 Å². The summed E-state index contributed by atoms with van der Waals surface area (Å²) in [6, 6.07) is 0. The normalized spacial score (nSPS) is 21.1. The Labute approximate surface area is 125 Å². The highest BCUT2D eigenvalue weighted by molar-refractivity contribution is 6.06. The topological polar surface area (TPSA) is 85.2 Å². The lowest BCUT2D eigenvalue weighted by Gasteiger charge is -2.37. The van der Waals surface area contributed by atoms with E-state index >= 15 is 0 Å². The largest absolute Gasteiger partial charge is 0.465 e. The Hall–Kier alpha value is -1.59. The fraction of sp³-hybridized carbons (Fsp3) is 0.800. The van der Waals surface area contributed by atoms with E-state index in [1.165, 1.54) is 0 Å². The third kappa shape index (κ3) is 3.36. The number of hydrogen-bond acceptors (Lipinski definition) is 6. The number of carbonyl (C=O) groups is 2. The number of oxime groups is 1. The van der Waals surface area contributed by atoms with E-state index in [2.05, 4.69) is 5.16 Å². The Balaban J connectivity index is 3.26. The van der Waals surface area contributed by atoms with Crippen molar-refractivity contribution >= 4 is 17.7 Å². The maximum absolute atomic E-state index is 12.5. The van der Waals surface area contributed by atoms with Gasteiger partial charge in [-0.05, 0) is 39.5 Å². The minimum absolute atomic E-state index is 0.193. The zero-order valence-electron chi connectivity index (χ0n) is 13.1. The van der Waals surface area contributed by atoms with Gasteiger partial charge in [0.05, 0.1) is 18.9 Å². The molecule has 0 amide bonds. The standard InChI is InChI=1S/C15H25NO5/c1-4-15(13(17)20-5-2,14(18)21-6-3)11-9-7-8-10-12(11)16-19/h11,19H,4-10H2,1-3H3/b16-12-. The molecule has 0 bridgehead atoms. The van der Waals surface area contributed by atoms with Crippen molar-refractivity contribution in [1.29, 1.82) is 0 Å². The molecule has 1 unspecified atom stereocenters. The lowest BCUT2D eigenvalue weighted by molar-refractivity contribution is -0.175. The molecule has 1 N–H and O–H groups in total. The van der Waals surface area contributed by atoms with Crippen LogP contribution in [0.1, 0.15) is 52.9 Å². The highest BCUT2D eigenvalue weighted by Crippen LogP contribution is 2.42. The van der Waals surface area contributed by atoms with Crippen molar-refractivity contribution in [3.05, 3.63) is 0 Å². The molecule has 0 radical (unpaired) electrons. The summed E-state index contributed by atoms with van der Waals surface area (Å²) >= 11 is 0. The first kappa shape index (κ1) is 17.5. The molecular formula is C15H25NO5. The summed E-state index contributed by atoms with van der Waals surface area (Å²) in [5, 5.41) is 12.6. The summed E-state index contributed by atoms with van der Waals surface area (Å²) in [5.74, 6) is -1.63. The lowest BCUT2D eigenvalue weighted by atomic mass is 9.66. The summed E-state index contributed by atoms with van der Waals surface area (Å²) in [6.07, 6.45) is 3.23. The quantitative estimate of drug-likeness (QED) is 0.352. The molecule has 6 heteroatoms. The minimum atomic E-state index is -1.41. The van der Waals surface area contributed by atoms with Gasteiger partial charge >= 0.3 is 11.9 Å². The molecule has 21 heavy (non-hydrogen) atoms. The second-order valence-corrected chi connectivity index (χ2v) is 5.16. The summed E-state index contributed by atoms with van der Waals surface area (Å²) in [7, 11) is 0. The highest BCUT2D eigenvalue weighted by atomic mass is 16.6. The van der Waals surface area contributed by atoms with Crippen molar-refractivity contribution in [3.63, 3.8) is 0 Å². The molecule has 1 aliphatic carbocycles. The Kier molecular flexibility index (Phi) is 6.65. The number of ether oxygens (including phenoxy) is 2. The molecule has 1 fully saturated rings. The van der Waals surface area contributed by atoms with Crippen molar-refractivity contribution in [3.8, 4) is 0 Å². The van der Waals surface area contributed by atoms with Gasteiger partial charge in [0.1, 0.15) is 0 Å². The van der Waals surface area contributed by atoms with Crippen LogP contribution < -0.4 is 0 Å². The van der Waals surface area contributed by atoms with Crippen molar-refractivity contribution in [1.82, 2.24) is 0 Å². The van der Waals surface area contributed by atoms with Crippen LogP contribution in [0, 0.1) is 11.3 Å². The molecule has 0 aromatic carbocycles. The number of rotatable bonds is 6. The first-order valence-electron chi connectivity index (χ1n) is 7.63. The number of hydrogen-bond donors (Lipinski definition) is 1. The van der Waals surface area contributed by atoms with Gasteiger partial charge < -0.3 is 14.7 Å². The number of carbonyl (C=O) groups excluding carboxylic acids is 2. The summed E-state index contributed by atoms with van der Waals surface area (Å²) in [5.41, 5.74) is -0.919. The SMILES string of the molecule is CCOC(=O)C(CC)(C(=O)OCC)C1CCCC/C1=N/O. The minimum Gasteiger partial charge on any atom is -0.465 e. The molecule has 6 nitrogen and oxygen atoms in total. The fourth-order valence-electron chi connectivity index (χ4n) is 3.07. The maximum atomic E-state index is 12.5. The zero-order chi connectivity index (χ0) is 15.9. The Morgan fingerprint density at radius 3 is 2.19 bits per heavy atom. The van der Waals surface area contributed by atoms with E-state index in [1.807, 2.05) is 0 Å². The second-order valence-electron chi connectivity index (χ2n) is 5.16. The van der Waals surface area contributed by atoms with Crippen LogP contribution >= 0.6 is 0 Å². The van der Waals surface area contributed by atoms with Crippen molar-refractivity contribution in [2.24, 2.45) is 16.5 Å². The zero-order valence-corrected chi connectivity index (χ0v) is 13.1. The molecule has 0 aromatic heterocycles. The average Bonchev–Trinajstić information content (AvgIpc) is 2.49. The van der Waals surface area contributed by atoms with Gasteiger partial charge in [-0.25, -0.2) is 0 Å². The summed E-state index contributed by atoms with van der Waals surface area (Å²) in [6.45, 7) is 5.55. The summed E-state index contributed by atoms with van der Waals surface area (Å²) in [4.78, 5) is 25.0. The van der Waals surface area contributed by atoms with Crippen molar-refractivity contribution in [2.45, 2.75) is 52.9 Å². The third-order valence-corrected chi connectivity index (χ3v) is 4.14. The third-order valence-electron chi connectivity index (χ3n) is 4.14. The molecule has 0 aromatic rings. The predicted molar refractivity (Wildman–Crippen MR) is 77.2 cm³/mol. The Morgan fingerprint density at radius 2 is 1.76 bits per heavy atom. The molecule has 120 valence electrons. The number of nitrogens with zero attached hydrogens (tertiary/aromatic N) is 1. The smallest absolute Gasteiger partial charge is 0.324 e. The van der Waals surface area contributed by atoms with Gasteiger partial charge in [0.2, 0.25) is 0 Å². The molecule has 1 saturated carbocycles. The van der Waals surface area contributed by atoms with Crippen LogP contribution in [0.25, 0.3) is 0 Å². The van der Waals surface area contributed by atoms with Gasteiger partial charge in [-0.3, -0.25) is 9.59 Å². The first-order valence-corrected chi connectivity index (χ1v) is 7.63. The van der Waals surface area contributed by atoms with Crippen LogP contribution in [0.5, 0.6) is 0 Å². The van der Waals surface area contributed by atoms with E-state index in [0.717, 1.165) is 12.8 Å². The first-order chi connectivity index (χ1) is 10.1. The number of esters is 2. The van der Waals surface area contributed by atoms with Crippen LogP contribution in [0.15, 0.2) is 5.16 Å². The van der Waals surface area contributed by atoms with Crippen molar-refractivity contribution < 1.29 is 24.3 Å². The molecule has 1 rings (SSSR count). The van der Waals surface area contributed by atoms with Gasteiger partial charge in [0.25, 0.3) is 0 Å². The van der Waals surface area contributed by atoms with Gasteiger partial charge in [-0.2, -0.15) is 0 Å². The molecule has 0 saturated heterocycles. The lowest BCUT2D eigenvalue weighted by Crippen LogP contribution is -2.51. The summed E-state index contributed by atoms with van der Waals surface area (Å²) < 4.78 is 10.3. The van der Waals surface area contributed by atoms with Crippen LogP contribution in [0.2, 0.25) is 0 Å². The van der Waals surface area contributed by atoms with E-state index in [1.54, 1.807) is 20.8 Å². The highest BCUT2D eigenvalue weighted by Gasteiger charge is 2.55. The monoisotopic (exact) mass is 299 g/mol. The fourth-order valence-corrected chi connectivity index (χ4v) is 3.07. The predicted octanol–water partition coefficient (Wildman–Crippen LogP) is 2.53. The molecule has 0 spiro atoms. The Morgan fingerprint density at radius 1 is 1.19 bits per heavy atom. The van der Waals surface area contributed by atoms with E-state index in [-0.39, 0.29) is 19.6 Å². The molecule has 1 atom stereocenters. The van der Waals surface area contributed by atoms with Crippen LogP contribution in [0.4, 0.5) is 0 Å². The maximum Gasteiger partial charge on any atom is 0.324 e. The molecule has 0 aliphatic heterocycles. The van der Waals surface area contributed by atoms with E-state index in [0.29, 0.717) is 18.6 Å². The van der Waals surface area contributed by atoms with Gasteiger partial charge in [-0.1, -0.05) is 18.5 Å². The van der Waals surface area contributed by atoms with Gasteiger partial charge in [0, 0.05) is 5.92 Å². The van der Waals surface area contributed by atoms with Crippen LogP contribution in [0.3, 0.4) is 0 Å². The molecule has 0 heterocycles. The average molecular weight is 299 g/mol. The van der Waals surface area contributed by atoms with Gasteiger partial charge in [0.15, 0.2) is 5.41 Å². The van der Waals surface area contributed by atoms with E-state index in [4.69, 9.17) is 9.47 Å². The van der Waals surface area contributed by atoms with E-state index in [9.17, 15) is 14.8 Å². The van der Waals surface area contributed by atoms with Gasteiger partial charge in [-0.15, -0.1) is 0 Å². The van der Waals surface area contributed by atoms with Crippen LogP contribution in [-0.2, 0) is 19.1 Å².